The number of halogens is 3. The van der Waals surface area contributed by atoms with E-state index in [-0.39, 0.29) is 18.0 Å². The van der Waals surface area contributed by atoms with E-state index >= 15 is 0 Å². The zero-order valence-electron chi connectivity index (χ0n) is 16.7. The summed E-state index contributed by atoms with van der Waals surface area (Å²) >= 11 is 0. The lowest BCUT2D eigenvalue weighted by Gasteiger charge is -2.14. The summed E-state index contributed by atoms with van der Waals surface area (Å²) in [7, 11) is 1.27. The fourth-order valence-corrected chi connectivity index (χ4v) is 2.93. The first-order valence-corrected chi connectivity index (χ1v) is 8.99. The number of carbonyl (C=O) groups excluding carboxylic acids is 2. The minimum atomic E-state index is -4.88. The minimum absolute atomic E-state index is 0.0887. The Hall–Kier alpha value is -3.67. The number of fused-ring (bicyclic) bond motifs is 1. The van der Waals surface area contributed by atoms with E-state index in [9.17, 15) is 22.8 Å². The van der Waals surface area contributed by atoms with Gasteiger partial charge < -0.3 is 10.1 Å². The van der Waals surface area contributed by atoms with Gasteiger partial charge in [-0.3, -0.25) is 9.63 Å². The molecule has 2 N–H and O–H groups in total. The highest BCUT2D eigenvalue weighted by Crippen LogP contribution is 2.39. The summed E-state index contributed by atoms with van der Waals surface area (Å²) in [6.45, 7) is 3.10. The van der Waals surface area contributed by atoms with Gasteiger partial charge in [-0.05, 0) is 31.5 Å². The largest absolute Gasteiger partial charge is 0.462 e. The molecule has 0 saturated heterocycles. The first kappa shape index (κ1) is 22.0. The SMILES string of the molecule is CCOC(=O)c1cn2ncnc(Nc3cc(C(=O)NOC)ccc3C)c2c1C(F)(F)F. The first-order valence-electron chi connectivity index (χ1n) is 8.99. The number of ether oxygens (including phenoxy) is 1. The van der Waals surface area contributed by atoms with Crippen molar-refractivity contribution in [1.29, 1.82) is 0 Å². The van der Waals surface area contributed by atoms with Crippen molar-refractivity contribution in [2.24, 2.45) is 0 Å². The second-order valence-electron chi connectivity index (χ2n) is 6.33. The fourth-order valence-electron chi connectivity index (χ4n) is 2.93. The molecule has 3 rings (SSSR count). The Kier molecular flexibility index (Phi) is 6.11. The summed E-state index contributed by atoms with van der Waals surface area (Å²) in [6, 6.07) is 4.57. The van der Waals surface area contributed by atoms with Gasteiger partial charge in [-0.2, -0.15) is 18.3 Å². The van der Waals surface area contributed by atoms with Crippen molar-refractivity contribution in [3.05, 3.63) is 53.0 Å². The molecule has 2 aromatic heterocycles. The van der Waals surface area contributed by atoms with Gasteiger partial charge in [-0.15, -0.1) is 0 Å². The number of alkyl halides is 3. The van der Waals surface area contributed by atoms with Crippen LogP contribution in [-0.4, -0.2) is 40.2 Å². The third-order valence-corrected chi connectivity index (χ3v) is 4.30. The van der Waals surface area contributed by atoms with E-state index in [1.165, 1.54) is 26.2 Å². The van der Waals surface area contributed by atoms with Gasteiger partial charge in [0, 0.05) is 17.4 Å². The van der Waals surface area contributed by atoms with Gasteiger partial charge >= 0.3 is 12.1 Å². The van der Waals surface area contributed by atoms with E-state index in [4.69, 9.17) is 4.74 Å². The van der Waals surface area contributed by atoms with E-state index in [1.54, 1.807) is 13.0 Å². The third-order valence-electron chi connectivity index (χ3n) is 4.30. The van der Waals surface area contributed by atoms with E-state index < -0.39 is 34.7 Å². The zero-order valence-corrected chi connectivity index (χ0v) is 16.7. The quantitative estimate of drug-likeness (QED) is 0.450. The summed E-state index contributed by atoms with van der Waals surface area (Å²) in [5.74, 6) is -1.87. The number of carbonyl (C=O) groups is 2. The van der Waals surface area contributed by atoms with Crippen LogP contribution in [0.4, 0.5) is 24.7 Å². The molecular weight excluding hydrogens is 419 g/mol. The molecule has 164 valence electrons. The van der Waals surface area contributed by atoms with Crippen LogP contribution in [0.3, 0.4) is 0 Å². The minimum Gasteiger partial charge on any atom is -0.462 e. The summed E-state index contributed by atoms with van der Waals surface area (Å²) in [4.78, 5) is 32.6. The van der Waals surface area contributed by atoms with Crippen molar-refractivity contribution in [2.45, 2.75) is 20.0 Å². The molecule has 0 unspecified atom stereocenters. The lowest BCUT2D eigenvalue weighted by molar-refractivity contribution is -0.136. The summed E-state index contributed by atoms with van der Waals surface area (Å²) in [6.07, 6.45) is -2.90. The Labute approximate surface area is 174 Å². The predicted octanol–water partition coefficient (Wildman–Crippen LogP) is 3.27. The Balaban J connectivity index is 2.15. The van der Waals surface area contributed by atoms with Crippen LogP contribution in [0.1, 0.15) is 38.8 Å². The average Bonchev–Trinajstić information content (AvgIpc) is 3.11. The molecule has 31 heavy (non-hydrogen) atoms. The number of hydrogen-bond acceptors (Lipinski definition) is 7. The fraction of sp³-hybridized carbons (Fsp3) is 0.263. The van der Waals surface area contributed by atoms with Crippen LogP contribution in [0.5, 0.6) is 0 Å². The highest BCUT2D eigenvalue weighted by molar-refractivity contribution is 5.97. The number of benzene rings is 1. The number of amides is 1. The summed E-state index contributed by atoms with van der Waals surface area (Å²) in [5, 5.41) is 6.59. The van der Waals surface area contributed by atoms with Crippen molar-refractivity contribution >= 4 is 28.9 Å². The van der Waals surface area contributed by atoms with Crippen molar-refractivity contribution < 1.29 is 32.3 Å². The molecule has 0 radical (unpaired) electrons. The van der Waals surface area contributed by atoms with Gasteiger partial charge in [0.25, 0.3) is 5.91 Å². The van der Waals surface area contributed by atoms with Crippen LogP contribution >= 0.6 is 0 Å². The van der Waals surface area contributed by atoms with Crippen LogP contribution in [0.2, 0.25) is 0 Å². The molecule has 12 heteroatoms. The molecule has 0 aliphatic rings. The standard InChI is InChI=1S/C19H18F3N5O4/c1-4-31-18(29)12-8-27-15(14(12)19(20,21)22)16(23-9-24-27)25-13-7-11(6-5-10(13)2)17(28)26-30-3/h5-9H,4H2,1-3H3,(H,26,28)(H,23,24,25). The molecule has 1 aromatic carbocycles. The molecule has 9 nitrogen and oxygen atoms in total. The van der Waals surface area contributed by atoms with Crippen LogP contribution < -0.4 is 10.8 Å². The van der Waals surface area contributed by atoms with Crippen molar-refractivity contribution in [3.63, 3.8) is 0 Å². The third kappa shape index (κ3) is 4.43. The number of aryl methyl sites for hydroxylation is 1. The van der Waals surface area contributed by atoms with Gasteiger partial charge in [0.15, 0.2) is 5.82 Å². The lowest BCUT2D eigenvalue weighted by atomic mass is 10.1. The molecule has 0 spiro atoms. The highest BCUT2D eigenvalue weighted by atomic mass is 19.4. The number of esters is 1. The van der Waals surface area contributed by atoms with Gasteiger partial charge in [0.05, 0.1) is 19.3 Å². The highest BCUT2D eigenvalue weighted by Gasteiger charge is 2.41. The number of rotatable bonds is 6. The Morgan fingerprint density at radius 2 is 2.00 bits per heavy atom. The van der Waals surface area contributed by atoms with E-state index in [2.05, 4.69) is 25.7 Å². The number of nitrogens with one attached hydrogen (secondary N) is 2. The Morgan fingerprint density at radius 3 is 2.65 bits per heavy atom. The zero-order chi connectivity index (χ0) is 22.8. The number of anilines is 2. The van der Waals surface area contributed by atoms with Crippen molar-refractivity contribution in [1.82, 2.24) is 20.1 Å². The molecule has 0 fully saturated rings. The maximum absolute atomic E-state index is 13.9. The van der Waals surface area contributed by atoms with Gasteiger partial charge in [0.1, 0.15) is 17.4 Å². The maximum Gasteiger partial charge on any atom is 0.419 e. The second kappa shape index (κ2) is 8.60. The maximum atomic E-state index is 13.9. The van der Waals surface area contributed by atoms with Gasteiger partial charge in [0.2, 0.25) is 0 Å². The van der Waals surface area contributed by atoms with E-state index in [0.717, 1.165) is 17.0 Å². The van der Waals surface area contributed by atoms with Gasteiger partial charge in [-0.1, -0.05) is 6.07 Å². The average molecular weight is 437 g/mol. The Morgan fingerprint density at radius 1 is 1.26 bits per heavy atom. The van der Waals surface area contributed by atoms with Crippen LogP contribution in [-0.2, 0) is 15.8 Å². The van der Waals surface area contributed by atoms with Crippen LogP contribution in [0.15, 0.2) is 30.7 Å². The van der Waals surface area contributed by atoms with E-state index in [0.29, 0.717) is 11.3 Å². The first-order chi connectivity index (χ1) is 14.7. The Bertz CT molecular complexity index is 1140. The molecule has 0 saturated carbocycles. The number of nitrogens with zero attached hydrogens (tertiary/aromatic N) is 3. The summed E-state index contributed by atoms with van der Waals surface area (Å²) < 4.78 is 47.3. The molecule has 1 amide bonds. The topological polar surface area (TPSA) is 107 Å². The lowest BCUT2D eigenvalue weighted by Crippen LogP contribution is -2.21. The monoisotopic (exact) mass is 437 g/mol. The molecular formula is C19H18F3N5O4. The predicted molar refractivity (Wildman–Crippen MR) is 103 cm³/mol. The smallest absolute Gasteiger partial charge is 0.419 e. The molecule has 3 aromatic rings. The second-order valence-corrected chi connectivity index (χ2v) is 6.33. The van der Waals surface area contributed by atoms with Crippen LogP contribution in [0, 0.1) is 6.92 Å². The van der Waals surface area contributed by atoms with E-state index in [1.807, 2.05) is 0 Å². The van der Waals surface area contributed by atoms with Crippen molar-refractivity contribution in [3.8, 4) is 0 Å². The molecule has 0 aliphatic heterocycles. The van der Waals surface area contributed by atoms with Gasteiger partial charge in [-0.25, -0.2) is 19.8 Å². The number of hydroxylamine groups is 1. The molecule has 2 heterocycles. The molecule has 0 aliphatic carbocycles. The molecule has 0 atom stereocenters. The number of aromatic nitrogens is 3. The van der Waals surface area contributed by atoms with Crippen LogP contribution in [0.25, 0.3) is 5.52 Å². The normalized spacial score (nSPS) is 11.4. The molecule has 0 bridgehead atoms. The van der Waals surface area contributed by atoms with Crippen molar-refractivity contribution in [2.75, 3.05) is 19.0 Å². The summed E-state index contributed by atoms with van der Waals surface area (Å²) in [5.41, 5.74) is 0.980. The number of hydrogen-bond donors (Lipinski definition) is 2.